The topological polar surface area (TPSA) is 128 Å². The Morgan fingerprint density at radius 1 is 1.26 bits per heavy atom. The summed E-state index contributed by atoms with van der Waals surface area (Å²) in [6.07, 6.45) is 8.89. The molecule has 0 aromatic carbocycles. The molecular weight excluding hydrogens is 436 g/mol. The standard InChI is InChI=1S/C23H30N8O3/c1-14(13-33-3)26-23-24-10-21-19(8-20(31(21)28-23)16-4-6-18(32)7-5-16)17-9-25-30(11-17)12-22-27-15(2)29-34-22/h8-11,14,16,18,32H,4-7,12-13H2,1-3H3,(H,26,28)/t14-,16?,18?/m0/s1. The van der Waals surface area contributed by atoms with Gasteiger partial charge in [-0.3, -0.25) is 4.68 Å². The Hall–Kier alpha value is -3.31. The molecule has 5 rings (SSSR count). The number of hydrogen-bond donors (Lipinski definition) is 2. The predicted octanol–water partition coefficient (Wildman–Crippen LogP) is 2.80. The molecule has 180 valence electrons. The molecule has 1 fully saturated rings. The fraction of sp³-hybridized carbons (Fsp3) is 0.522. The Kier molecular flexibility index (Phi) is 6.29. The average Bonchev–Trinajstić information content (AvgIpc) is 3.53. The monoisotopic (exact) mass is 466 g/mol. The first kappa shape index (κ1) is 22.5. The highest BCUT2D eigenvalue weighted by Gasteiger charge is 2.26. The summed E-state index contributed by atoms with van der Waals surface area (Å²) in [6, 6.07) is 2.27. The van der Waals surface area contributed by atoms with Crippen LogP contribution in [0, 0.1) is 6.92 Å². The summed E-state index contributed by atoms with van der Waals surface area (Å²) in [5.41, 5.74) is 4.03. The maximum Gasteiger partial charge on any atom is 0.248 e. The third kappa shape index (κ3) is 4.66. The Morgan fingerprint density at radius 3 is 2.82 bits per heavy atom. The Labute approximate surface area is 197 Å². The van der Waals surface area contributed by atoms with E-state index < -0.39 is 0 Å². The van der Waals surface area contributed by atoms with Crippen LogP contribution in [0.25, 0.3) is 16.6 Å². The normalized spacial score (nSPS) is 19.5. The molecule has 0 bridgehead atoms. The molecule has 4 aromatic rings. The van der Waals surface area contributed by atoms with Gasteiger partial charge in [-0.25, -0.2) is 9.50 Å². The van der Waals surface area contributed by atoms with Gasteiger partial charge in [-0.1, -0.05) is 5.16 Å². The lowest BCUT2D eigenvalue weighted by Gasteiger charge is -2.25. The molecule has 0 aliphatic heterocycles. The number of rotatable bonds is 8. The number of aromatic nitrogens is 7. The highest BCUT2D eigenvalue weighted by Crippen LogP contribution is 2.37. The SMILES string of the molecule is COC[C@H](C)Nc1ncc2c(-c3cnn(Cc4nc(C)no4)c3)cc(C3CCC(O)CC3)n2n1. The Morgan fingerprint density at radius 2 is 2.09 bits per heavy atom. The third-order valence-electron chi connectivity index (χ3n) is 6.26. The maximum absolute atomic E-state index is 10.0. The molecule has 0 unspecified atom stereocenters. The van der Waals surface area contributed by atoms with Crippen molar-refractivity contribution in [1.29, 1.82) is 0 Å². The third-order valence-corrected chi connectivity index (χ3v) is 6.26. The summed E-state index contributed by atoms with van der Waals surface area (Å²) in [7, 11) is 1.68. The summed E-state index contributed by atoms with van der Waals surface area (Å²) < 4.78 is 14.2. The smallest absolute Gasteiger partial charge is 0.248 e. The van der Waals surface area contributed by atoms with Gasteiger partial charge in [-0.05, 0) is 45.6 Å². The number of nitrogens with zero attached hydrogens (tertiary/aromatic N) is 7. The van der Waals surface area contributed by atoms with Crippen LogP contribution in [-0.4, -0.2) is 65.5 Å². The number of nitrogens with one attached hydrogen (secondary N) is 1. The van der Waals surface area contributed by atoms with Crippen molar-refractivity contribution in [1.82, 2.24) is 34.5 Å². The minimum absolute atomic E-state index is 0.0809. The van der Waals surface area contributed by atoms with E-state index in [1.54, 1.807) is 18.7 Å². The zero-order valence-electron chi connectivity index (χ0n) is 19.7. The highest BCUT2D eigenvalue weighted by molar-refractivity contribution is 5.81. The van der Waals surface area contributed by atoms with Crippen LogP contribution >= 0.6 is 0 Å². The largest absolute Gasteiger partial charge is 0.393 e. The van der Waals surface area contributed by atoms with E-state index in [0.717, 1.165) is 48.0 Å². The van der Waals surface area contributed by atoms with E-state index in [1.807, 2.05) is 30.0 Å². The van der Waals surface area contributed by atoms with Crippen molar-refractivity contribution < 1.29 is 14.4 Å². The number of aliphatic hydroxyl groups excluding tert-OH is 1. The summed E-state index contributed by atoms with van der Waals surface area (Å²) in [4.78, 5) is 8.82. The minimum Gasteiger partial charge on any atom is -0.393 e. The van der Waals surface area contributed by atoms with Crippen LogP contribution in [0.2, 0.25) is 0 Å². The van der Waals surface area contributed by atoms with Gasteiger partial charge in [0.15, 0.2) is 5.82 Å². The van der Waals surface area contributed by atoms with Crippen molar-refractivity contribution in [2.45, 2.75) is 64.1 Å². The lowest BCUT2D eigenvalue weighted by Crippen LogP contribution is -2.23. The molecule has 1 aliphatic carbocycles. The fourth-order valence-electron chi connectivity index (χ4n) is 4.62. The van der Waals surface area contributed by atoms with Crippen molar-refractivity contribution in [3.63, 3.8) is 0 Å². The zero-order chi connectivity index (χ0) is 23.7. The molecule has 0 amide bonds. The first-order valence-electron chi connectivity index (χ1n) is 11.6. The van der Waals surface area contributed by atoms with Crippen LogP contribution in [0.1, 0.15) is 55.9 Å². The van der Waals surface area contributed by atoms with E-state index >= 15 is 0 Å². The quantitative estimate of drug-likeness (QED) is 0.403. The lowest BCUT2D eigenvalue weighted by molar-refractivity contribution is 0.121. The predicted molar refractivity (Wildman–Crippen MR) is 125 cm³/mol. The van der Waals surface area contributed by atoms with Gasteiger partial charge in [0.25, 0.3) is 0 Å². The molecule has 0 spiro atoms. The molecule has 1 atom stereocenters. The first-order chi connectivity index (χ1) is 16.5. The number of ether oxygens (including phenoxy) is 1. The summed E-state index contributed by atoms with van der Waals surface area (Å²) in [5.74, 6) is 1.99. The number of aliphatic hydroxyl groups is 1. The fourth-order valence-corrected chi connectivity index (χ4v) is 4.62. The molecule has 4 heterocycles. The molecule has 4 aromatic heterocycles. The van der Waals surface area contributed by atoms with Crippen LogP contribution < -0.4 is 5.32 Å². The molecular formula is C23H30N8O3. The van der Waals surface area contributed by atoms with E-state index in [0.29, 0.717) is 36.7 Å². The number of fused-ring (bicyclic) bond motifs is 1. The van der Waals surface area contributed by atoms with E-state index in [1.165, 1.54) is 0 Å². The number of hydrogen-bond acceptors (Lipinski definition) is 9. The van der Waals surface area contributed by atoms with Gasteiger partial charge in [0.05, 0.1) is 30.6 Å². The molecule has 1 saturated carbocycles. The highest BCUT2D eigenvalue weighted by atomic mass is 16.5. The second-order valence-electron chi connectivity index (χ2n) is 9.03. The second kappa shape index (κ2) is 9.51. The first-order valence-corrected chi connectivity index (χ1v) is 11.6. The average molecular weight is 467 g/mol. The Bertz CT molecular complexity index is 1250. The number of methoxy groups -OCH3 is 1. The molecule has 0 saturated heterocycles. The summed E-state index contributed by atoms with van der Waals surface area (Å²) in [5, 5.41) is 26.5. The van der Waals surface area contributed by atoms with Gasteiger partial charge in [0, 0.05) is 42.1 Å². The van der Waals surface area contributed by atoms with Crippen LogP contribution in [0.5, 0.6) is 0 Å². The second-order valence-corrected chi connectivity index (χ2v) is 9.03. The van der Waals surface area contributed by atoms with E-state index in [-0.39, 0.29) is 12.1 Å². The van der Waals surface area contributed by atoms with Crippen LogP contribution in [0.3, 0.4) is 0 Å². The number of aryl methyl sites for hydroxylation is 1. The van der Waals surface area contributed by atoms with E-state index in [9.17, 15) is 5.11 Å². The number of anilines is 1. The van der Waals surface area contributed by atoms with Gasteiger partial charge in [-0.15, -0.1) is 5.10 Å². The molecule has 34 heavy (non-hydrogen) atoms. The van der Waals surface area contributed by atoms with Crippen molar-refractivity contribution >= 4 is 11.5 Å². The van der Waals surface area contributed by atoms with Gasteiger partial charge in [0.2, 0.25) is 11.8 Å². The van der Waals surface area contributed by atoms with Crippen LogP contribution in [-0.2, 0) is 11.3 Å². The molecule has 1 aliphatic rings. The lowest BCUT2D eigenvalue weighted by atomic mass is 9.85. The van der Waals surface area contributed by atoms with Gasteiger partial charge < -0.3 is 19.7 Å². The Balaban J connectivity index is 1.50. The van der Waals surface area contributed by atoms with Crippen LogP contribution in [0.15, 0.2) is 29.2 Å². The zero-order valence-corrected chi connectivity index (χ0v) is 19.7. The minimum atomic E-state index is -0.213. The van der Waals surface area contributed by atoms with E-state index in [2.05, 4.69) is 31.6 Å². The van der Waals surface area contributed by atoms with Crippen molar-refractivity contribution in [2.24, 2.45) is 0 Å². The van der Waals surface area contributed by atoms with Crippen molar-refractivity contribution in [3.05, 3.63) is 42.1 Å². The molecule has 11 heteroatoms. The molecule has 2 N–H and O–H groups in total. The van der Waals surface area contributed by atoms with Gasteiger partial charge >= 0.3 is 0 Å². The van der Waals surface area contributed by atoms with Crippen LogP contribution in [0.4, 0.5) is 5.95 Å². The van der Waals surface area contributed by atoms with Gasteiger partial charge in [-0.2, -0.15) is 10.1 Å². The van der Waals surface area contributed by atoms with E-state index in [4.69, 9.17) is 14.4 Å². The van der Waals surface area contributed by atoms with Crippen molar-refractivity contribution in [2.75, 3.05) is 19.0 Å². The maximum atomic E-state index is 10.0. The molecule has 0 radical (unpaired) electrons. The van der Waals surface area contributed by atoms with Crippen molar-refractivity contribution in [3.8, 4) is 11.1 Å². The van der Waals surface area contributed by atoms with Gasteiger partial charge in [0.1, 0.15) is 6.54 Å². The summed E-state index contributed by atoms with van der Waals surface area (Å²) >= 11 is 0. The molecule has 11 nitrogen and oxygen atoms in total. The summed E-state index contributed by atoms with van der Waals surface area (Å²) in [6.45, 7) is 4.78.